The lowest BCUT2D eigenvalue weighted by Crippen LogP contribution is -2.24. The van der Waals surface area contributed by atoms with Crippen molar-refractivity contribution in [2.75, 3.05) is 6.54 Å². The monoisotopic (exact) mass is 257 g/mol. The Bertz CT molecular complexity index is 385. The molecule has 1 unspecified atom stereocenters. The Balaban J connectivity index is 1.64. The number of benzene rings is 1. The molecule has 0 radical (unpaired) electrons. The van der Waals surface area contributed by atoms with Gasteiger partial charge in [0.15, 0.2) is 0 Å². The molecule has 0 heterocycles. The van der Waals surface area contributed by atoms with Crippen molar-refractivity contribution in [2.24, 2.45) is 5.92 Å². The van der Waals surface area contributed by atoms with Crippen LogP contribution in [0.1, 0.15) is 62.0 Å². The molecule has 0 saturated heterocycles. The van der Waals surface area contributed by atoms with Gasteiger partial charge in [0.05, 0.1) is 0 Å². The van der Waals surface area contributed by atoms with Gasteiger partial charge in [0.2, 0.25) is 0 Å². The molecule has 0 amide bonds. The van der Waals surface area contributed by atoms with Crippen molar-refractivity contribution < 1.29 is 0 Å². The van der Waals surface area contributed by atoms with Gasteiger partial charge in [0.1, 0.15) is 0 Å². The Morgan fingerprint density at radius 2 is 1.74 bits per heavy atom. The van der Waals surface area contributed by atoms with E-state index in [1.807, 2.05) is 0 Å². The zero-order valence-electron chi connectivity index (χ0n) is 12.2. The summed E-state index contributed by atoms with van der Waals surface area (Å²) in [4.78, 5) is 0. The molecule has 2 aliphatic carbocycles. The van der Waals surface area contributed by atoms with E-state index in [-0.39, 0.29) is 0 Å². The molecule has 1 N–H and O–H groups in total. The van der Waals surface area contributed by atoms with E-state index in [4.69, 9.17) is 0 Å². The standard InChI is InChI=1S/C18H27N/c1-14-6-8-16(9-7-14)17(13-19-18-10-11-18)12-15-4-2-3-5-15/h6-9,15,17-19H,2-5,10-13H2,1H3. The molecular weight excluding hydrogens is 230 g/mol. The Labute approximate surface area is 117 Å². The van der Waals surface area contributed by atoms with Crippen LogP contribution in [0.2, 0.25) is 0 Å². The second-order valence-electron chi connectivity index (χ2n) is 6.68. The van der Waals surface area contributed by atoms with Gasteiger partial charge in [-0.2, -0.15) is 0 Å². The first-order valence-corrected chi connectivity index (χ1v) is 8.11. The number of rotatable bonds is 6. The van der Waals surface area contributed by atoms with Crippen LogP contribution in [-0.4, -0.2) is 12.6 Å². The molecule has 0 aromatic heterocycles. The van der Waals surface area contributed by atoms with E-state index in [2.05, 4.69) is 36.5 Å². The average molecular weight is 257 g/mol. The molecule has 0 aliphatic heterocycles. The van der Waals surface area contributed by atoms with Crippen molar-refractivity contribution in [1.29, 1.82) is 0 Å². The quantitative estimate of drug-likeness (QED) is 0.796. The summed E-state index contributed by atoms with van der Waals surface area (Å²) in [6, 6.07) is 10.1. The van der Waals surface area contributed by atoms with Crippen molar-refractivity contribution in [3.8, 4) is 0 Å². The Kier molecular flexibility index (Phi) is 4.22. The summed E-state index contributed by atoms with van der Waals surface area (Å²) in [5.41, 5.74) is 2.92. The number of hydrogen-bond donors (Lipinski definition) is 1. The predicted molar refractivity (Wildman–Crippen MR) is 81.5 cm³/mol. The third kappa shape index (κ3) is 3.82. The maximum atomic E-state index is 3.74. The van der Waals surface area contributed by atoms with Crippen LogP contribution in [0.3, 0.4) is 0 Å². The van der Waals surface area contributed by atoms with Crippen LogP contribution in [0, 0.1) is 12.8 Å². The van der Waals surface area contributed by atoms with Crippen LogP contribution in [0.25, 0.3) is 0 Å². The second kappa shape index (κ2) is 6.09. The van der Waals surface area contributed by atoms with Crippen molar-refractivity contribution in [2.45, 2.75) is 63.8 Å². The molecule has 0 spiro atoms. The van der Waals surface area contributed by atoms with Crippen molar-refractivity contribution >= 4 is 0 Å². The summed E-state index contributed by atoms with van der Waals surface area (Å²) in [6.45, 7) is 3.36. The molecule has 2 saturated carbocycles. The minimum absolute atomic E-state index is 0.726. The van der Waals surface area contributed by atoms with E-state index in [0.29, 0.717) is 0 Å². The highest BCUT2D eigenvalue weighted by Gasteiger charge is 2.25. The second-order valence-corrected chi connectivity index (χ2v) is 6.68. The van der Waals surface area contributed by atoms with E-state index in [9.17, 15) is 0 Å². The lowest BCUT2D eigenvalue weighted by molar-refractivity contribution is 0.426. The number of hydrogen-bond acceptors (Lipinski definition) is 1. The lowest BCUT2D eigenvalue weighted by atomic mass is 9.87. The summed E-state index contributed by atoms with van der Waals surface area (Å²) in [7, 11) is 0. The average Bonchev–Trinajstić information content (AvgIpc) is 3.11. The molecule has 104 valence electrons. The largest absolute Gasteiger partial charge is 0.313 e. The Morgan fingerprint density at radius 1 is 1.05 bits per heavy atom. The smallest absolute Gasteiger partial charge is 0.00684 e. The topological polar surface area (TPSA) is 12.0 Å². The number of aryl methyl sites for hydroxylation is 1. The molecule has 2 aliphatic rings. The Morgan fingerprint density at radius 3 is 2.37 bits per heavy atom. The molecule has 1 aromatic carbocycles. The Hall–Kier alpha value is -0.820. The van der Waals surface area contributed by atoms with Gasteiger partial charge >= 0.3 is 0 Å². The lowest BCUT2D eigenvalue weighted by Gasteiger charge is -2.22. The van der Waals surface area contributed by atoms with Gasteiger partial charge in [-0.15, -0.1) is 0 Å². The van der Waals surface area contributed by atoms with Crippen LogP contribution in [0.4, 0.5) is 0 Å². The fourth-order valence-electron chi connectivity index (χ4n) is 3.42. The minimum atomic E-state index is 0.726. The maximum absolute atomic E-state index is 3.74. The molecule has 1 atom stereocenters. The summed E-state index contributed by atoms with van der Waals surface area (Å²) < 4.78 is 0. The normalized spacial score (nSPS) is 21.7. The van der Waals surface area contributed by atoms with Gasteiger partial charge in [0.25, 0.3) is 0 Å². The van der Waals surface area contributed by atoms with Gasteiger partial charge in [-0.05, 0) is 43.6 Å². The van der Waals surface area contributed by atoms with Gasteiger partial charge in [-0.25, -0.2) is 0 Å². The first kappa shape index (κ1) is 13.2. The first-order valence-electron chi connectivity index (χ1n) is 8.11. The predicted octanol–water partition coefficient (Wildman–Crippen LogP) is 4.41. The number of nitrogens with one attached hydrogen (secondary N) is 1. The summed E-state index contributed by atoms with van der Waals surface area (Å²) >= 11 is 0. The highest BCUT2D eigenvalue weighted by Crippen LogP contribution is 2.34. The van der Waals surface area contributed by atoms with E-state index in [1.165, 1.54) is 57.1 Å². The van der Waals surface area contributed by atoms with Gasteiger partial charge < -0.3 is 5.32 Å². The molecule has 0 bridgehead atoms. The van der Waals surface area contributed by atoms with E-state index in [0.717, 1.165) is 17.9 Å². The summed E-state index contributed by atoms with van der Waals surface area (Å²) in [6.07, 6.45) is 10.0. The molecule has 1 nitrogen and oxygen atoms in total. The fraction of sp³-hybridized carbons (Fsp3) is 0.667. The third-order valence-electron chi connectivity index (χ3n) is 4.87. The van der Waals surface area contributed by atoms with Crippen molar-refractivity contribution in [3.05, 3.63) is 35.4 Å². The van der Waals surface area contributed by atoms with Crippen LogP contribution < -0.4 is 5.32 Å². The molecule has 3 rings (SSSR count). The van der Waals surface area contributed by atoms with E-state index in [1.54, 1.807) is 5.56 Å². The third-order valence-corrected chi connectivity index (χ3v) is 4.87. The molecule has 19 heavy (non-hydrogen) atoms. The van der Waals surface area contributed by atoms with Crippen LogP contribution in [0.5, 0.6) is 0 Å². The summed E-state index contributed by atoms with van der Waals surface area (Å²) in [5, 5.41) is 3.74. The zero-order valence-corrected chi connectivity index (χ0v) is 12.2. The van der Waals surface area contributed by atoms with Gasteiger partial charge in [-0.3, -0.25) is 0 Å². The maximum Gasteiger partial charge on any atom is 0.00684 e. The van der Waals surface area contributed by atoms with Crippen molar-refractivity contribution in [1.82, 2.24) is 5.32 Å². The van der Waals surface area contributed by atoms with Gasteiger partial charge in [-0.1, -0.05) is 55.5 Å². The molecular formula is C18H27N. The first-order chi connectivity index (χ1) is 9.31. The SMILES string of the molecule is Cc1ccc(C(CNC2CC2)CC2CCCC2)cc1. The minimum Gasteiger partial charge on any atom is -0.313 e. The highest BCUT2D eigenvalue weighted by molar-refractivity contribution is 5.25. The summed E-state index contributed by atoms with van der Waals surface area (Å²) in [5.74, 6) is 1.71. The van der Waals surface area contributed by atoms with E-state index < -0.39 is 0 Å². The van der Waals surface area contributed by atoms with Crippen molar-refractivity contribution in [3.63, 3.8) is 0 Å². The van der Waals surface area contributed by atoms with Gasteiger partial charge in [0, 0.05) is 12.6 Å². The molecule has 1 heteroatoms. The zero-order chi connectivity index (χ0) is 13.1. The fourth-order valence-corrected chi connectivity index (χ4v) is 3.42. The highest BCUT2D eigenvalue weighted by atomic mass is 14.9. The van der Waals surface area contributed by atoms with E-state index >= 15 is 0 Å². The molecule has 2 fully saturated rings. The van der Waals surface area contributed by atoms with Crippen LogP contribution in [0.15, 0.2) is 24.3 Å². The van der Waals surface area contributed by atoms with Crippen LogP contribution >= 0.6 is 0 Å². The van der Waals surface area contributed by atoms with Crippen LogP contribution in [-0.2, 0) is 0 Å². The molecule has 1 aromatic rings.